The summed E-state index contributed by atoms with van der Waals surface area (Å²) in [7, 11) is 0. The van der Waals surface area contributed by atoms with Crippen molar-refractivity contribution in [3.63, 3.8) is 0 Å². The molecule has 1 saturated carbocycles. The molecule has 3 aromatic rings. The minimum atomic E-state index is -0.414. The number of ketones is 1. The van der Waals surface area contributed by atoms with E-state index >= 15 is 0 Å². The first-order chi connectivity index (χ1) is 15.7. The van der Waals surface area contributed by atoms with Crippen molar-refractivity contribution in [3.8, 4) is 0 Å². The van der Waals surface area contributed by atoms with Crippen LogP contribution >= 0.6 is 0 Å². The van der Waals surface area contributed by atoms with E-state index in [4.69, 9.17) is 0 Å². The summed E-state index contributed by atoms with van der Waals surface area (Å²) in [5.41, 5.74) is 3.60. The summed E-state index contributed by atoms with van der Waals surface area (Å²) in [6.07, 6.45) is 8.59. The molecule has 3 aromatic carbocycles. The van der Waals surface area contributed by atoms with Crippen molar-refractivity contribution >= 4 is 29.1 Å². The van der Waals surface area contributed by atoms with E-state index in [2.05, 4.69) is 5.32 Å². The van der Waals surface area contributed by atoms with Crippen LogP contribution in [0.15, 0.2) is 84.9 Å². The van der Waals surface area contributed by atoms with E-state index in [0.29, 0.717) is 11.1 Å². The largest absolute Gasteiger partial charge is 0.362 e. The van der Waals surface area contributed by atoms with Gasteiger partial charge in [0.2, 0.25) is 0 Å². The first-order valence-electron chi connectivity index (χ1n) is 11.3. The molecule has 160 valence electrons. The third kappa shape index (κ3) is 3.73. The third-order valence-electron chi connectivity index (χ3n) is 6.47. The number of fused-ring (bicyclic) bond motifs is 1. The lowest BCUT2D eigenvalue weighted by Gasteiger charge is -2.50. The van der Waals surface area contributed by atoms with E-state index in [1.807, 2.05) is 89.8 Å². The fraction of sp³-hybridized carbons (Fsp3) is 0.214. The first-order valence-corrected chi connectivity index (χ1v) is 11.3. The van der Waals surface area contributed by atoms with Crippen molar-refractivity contribution in [3.05, 3.63) is 102 Å². The molecule has 0 atom stereocenters. The Morgan fingerprint density at radius 3 is 2.28 bits per heavy atom. The molecule has 0 unspecified atom stereocenters. The van der Waals surface area contributed by atoms with Gasteiger partial charge in [0.15, 0.2) is 5.78 Å². The van der Waals surface area contributed by atoms with Crippen LogP contribution in [0, 0.1) is 0 Å². The van der Waals surface area contributed by atoms with Crippen LogP contribution in [0.5, 0.6) is 0 Å². The van der Waals surface area contributed by atoms with Crippen LogP contribution in [0.3, 0.4) is 0 Å². The summed E-state index contributed by atoms with van der Waals surface area (Å²) in [5.74, 6) is -0.0366. The summed E-state index contributed by atoms with van der Waals surface area (Å²) in [5, 5.41) is 3.69. The molecule has 4 nitrogen and oxygen atoms in total. The van der Waals surface area contributed by atoms with Gasteiger partial charge in [-0.3, -0.25) is 14.5 Å². The molecule has 1 heterocycles. The van der Waals surface area contributed by atoms with Crippen molar-refractivity contribution in [2.24, 2.45) is 0 Å². The van der Waals surface area contributed by atoms with Crippen LogP contribution in [0.2, 0.25) is 0 Å². The van der Waals surface area contributed by atoms with Crippen molar-refractivity contribution in [1.29, 1.82) is 0 Å². The number of anilines is 2. The van der Waals surface area contributed by atoms with Gasteiger partial charge < -0.3 is 5.32 Å². The molecule has 32 heavy (non-hydrogen) atoms. The van der Waals surface area contributed by atoms with Crippen LogP contribution in [0.4, 0.5) is 11.4 Å². The summed E-state index contributed by atoms with van der Waals surface area (Å²) in [6.45, 7) is 0. The number of carbonyl (C=O) groups excluding carboxylic acids is 2. The van der Waals surface area contributed by atoms with Gasteiger partial charge in [0.1, 0.15) is 5.66 Å². The van der Waals surface area contributed by atoms with Crippen molar-refractivity contribution in [2.45, 2.75) is 37.8 Å². The second-order valence-electron chi connectivity index (χ2n) is 8.56. The zero-order chi connectivity index (χ0) is 22.0. The molecule has 1 N–H and O–H groups in total. The Labute approximate surface area is 188 Å². The smallest absolute Gasteiger partial charge is 0.262 e. The monoisotopic (exact) mass is 422 g/mol. The number of amides is 1. The van der Waals surface area contributed by atoms with E-state index < -0.39 is 5.66 Å². The molecule has 1 spiro atoms. The van der Waals surface area contributed by atoms with Gasteiger partial charge in [0.25, 0.3) is 5.91 Å². The average Bonchev–Trinajstić information content (AvgIpc) is 2.84. The van der Waals surface area contributed by atoms with Crippen LogP contribution in [0.1, 0.15) is 58.4 Å². The number of para-hydroxylation sites is 1. The molecular formula is C28H26N2O2. The van der Waals surface area contributed by atoms with Crippen molar-refractivity contribution < 1.29 is 9.59 Å². The Balaban J connectivity index is 1.44. The highest BCUT2D eigenvalue weighted by Crippen LogP contribution is 2.42. The molecule has 0 saturated heterocycles. The second kappa shape index (κ2) is 8.46. The Morgan fingerprint density at radius 1 is 0.844 bits per heavy atom. The number of hydrogen-bond donors (Lipinski definition) is 1. The quantitative estimate of drug-likeness (QED) is 0.396. The van der Waals surface area contributed by atoms with Gasteiger partial charge in [-0.25, -0.2) is 0 Å². The zero-order valence-corrected chi connectivity index (χ0v) is 18.0. The highest BCUT2D eigenvalue weighted by Gasteiger charge is 2.45. The van der Waals surface area contributed by atoms with E-state index in [1.54, 1.807) is 6.08 Å². The van der Waals surface area contributed by atoms with Crippen molar-refractivity contribution in [2.75, 3.05) is 10.2 Å². The van der Waals surface area contributed by atoms with Crippen molar-refractivity contribution in [1.82, 2.24) is 0 Å². The van der Waals surface area contributed by atoms with Gasteiger partial charge in [-0.05, 0) is 73.7 Å². The topological polar surface area (TPSA) is 49.4 Å². The maximum Gasteiger partial charge on any atom is 0.262 e. The predicted molar refractivity (Wildman–Crippen MR) is 129 cm³/mol. The summed E-state index contributed by atoms with van der Waals surface area (Å²) in [6, 6.07) is 24.9. The van der Waals surface area contributed by atoms with Gasteiger partial charge in [-0.2, -0.15) is 0 Å². The van der Waals surface area contributed by atoms with Gasteiger partial charge >= 0.3 is 0 Å². The molecule has 1 amide bonds. The minimum Gasteiger partial charge on any atom is -0.362 e. The standard InChI is InChI=1S/C28H26N2O2/c31-26(18-13-21-9-3-1-4-10-21)22-14-16-23(17-15-22)30-27(32)24-11-5-6-12-25(24)29-28(30)19-7-2-8-20-28/h1,3-6,9-18,29H,2,7-8,19-20H2/b18-13+. The van der Waals surface area contributed by atoms with E-state index in [0.717, 1.165) is 42.6 Å². The molecule has 1 aliphatic heterocycles. The lowest BCUT2D eigenvalue weighted by atomic mass is 9.84. The predicted octanol–water partition coefficient (Wildman–Crippen LogP) is 6.32. The van der Waals surface area contributed by atoms with E-state index in [1.165, 1.54) is 6.42 Å². The lowest BCUT2D eigenvalue weighted by molar-refractivity contribution is 0.0938. The second-order valence-corrected chi connectivity index (χ2v) is 8.56. The first kappa shape index (κ1) is 20.3. The SMILES string of the molecule is O=C(/C=C/c1ccccc1)c1ccc(N2C(=O)c3ccccc3NC23CCCCC3)cc1. The average molecular weight is 423 g/mol. The molecule has 2 aliphatic rings. The summed E-state index contributed by atoms with van der Waals surface area (Å²) in [4.78, 5) is 28.1. The maximum atomic E-state index is 13.6. The van der Waals surface area contributed by atoms with Gasteiger partial charge in [-0.1, -0.05) is 55.0 Å². The fourth-order valence-electron chi connectivity index (χ4n) is 4.86. The Morgan fingerprint density at radius 2 is 1.53 bits per heavy atom. The number of benzene rings is 3. The highest BCUT2D eigenvalue weighted by atomic mass is 16.2. The highest BCUT2D eigenvalue weighted by molar-refractivity contribution is 6.13. The number of nitrogens with one attached hydrogen (secondary N) is 1. The molecule has 0 radical (unpaired) electrons. The lowest BCUT2D eigenvalue weighted by Crippen LogP contribution is -2.61. The Hall–Kier alpha value is -3.66. The maximum absolute atomic E-state index is 13.6. The zero-order valence-electron chi connectivity index (χ0n) is 18.0. The third-order valence-corrected chi connectivity index (χ3v) is 6.47. The number of allylic oxidation sites excluding steroid dienone is 1. The molecule has 5 rings (SSSR count). The molecular weight excluding hydrogens is 396 g/mol. The number of carbonyl (C=O) groups is 2. The number of nitrogens with zero attached hydrogens (tertiary/aromatic N) is 1. The van der Waals surface area contributed by atoms with Gasteiger partial charge in [-0.15, -0.1) is 0 Å². The molecule has 1 fully saturated rings. The number of rotatable bonds is 4. The van der Waals surface area contributed by atoms with E-state index in [9.17, 15) is 9.59 Å². The summed E-state index contributed by atoms with van der Waals surface area (Å²) < 4.78 is 0. The molecule has 0 aromatic heterocycles. The molecule has 1 aliphatic carbocycles. The fourth-order valence-corrected chi connectivity index (χ4v) is 4.86. The van der Waals surface area contributed by atoms with Gasteiger partial charge in [0.05, 0.1) is 5.56 Å². The minimum absolute atomic E-state index is 0.0179. The molecule has 0 bridgehead atoms. The Bertz CT molecular complexity index is 1160. The van der Waals surface area contributed by atoms with Gasteiger partial charge in [0, 0.05) is 16.9 Å². The van der Waals surface area contributed by atoms with Crippen LogP contribution in [0.25, 0.3) is 6.08 Å². The Kier molecular flexibility index (Phi) is 5.36. The van der Waals surface area contributed by atoms with Crippen LogP contribution in [-0.4, -0.2) is 17.4 Å². The molecule has 4 heteroatoms. The number of hydrogen-bond acceptors (Lipinski definition) is 3. The summed E-state index contributed by atoms with van der Waals surface area (Å²) >= 11 is 0. The van der Waals surface area contributed by atoms with E-state index in [-0.39, 0.29) is 11.7 Å². The van der Waals surface area contributed by atoms with Crippen LogP contribution < -0.4 is 10.2 Å². The van der Waals surface area contributed by atoms with Crippen LogP contribution in [-0.2, 0) is 0 Å². The normalized spacial score (nSPS) is 17.2.